The van der Waals surface area contributed by atoms with Gasteiger partial charge in [-0.05, 0) is 54.8 Å². The second-order valence-corrected chi connectivity index (χ2v) is 5.01. The van der Waals surface area contributed by atoms with Gasteiger partial charge >= 0.3 is 0 Å². The van der Waals surface area contributed by atoms with Gasteiger partial charge in [-0.15, -0.1) is 0 Å². The van der Waals surface area contributed by atoms with E-state index in [9.17, 15) is 0 Å². The van der Waals surface area contributed by atoms with Crippen LogP contribution >= 0.6 is 0 Å². The van der Waals surface area contributed by atoms with Gasteiger partial charge in [0.05, 0.1) is 11.6 Å². The molecular weight excluding hydrogens is 232 g/mol. The molecule has 0 spiro atoms. The zero-order chi connectivity index (χ0) is 13.8. The average Bonchev–Trinajstić information content (AvgIpc) is 2.38. The molecule has 2 aromatic rings. The molecule has 2 rings (SSSR count). The van der Waals surface area contributed by atoms with E-state index in [0.717, 1.165) is 6.54 Å². The molecule has 0 radical (unpaired) electrons. The van der Waals surface area contributed by atoms with Crippen molar-refractivity contribution in [2.24, 2.45) is 0 Å². The van der Waals surface area contributed by atoms with E-state index >= 15 is 0 Å². The van der Waals surface area contributed by atoms with Crippen molar-refractivity contribution in [3.05, 3.63) is 64.7 Å². The molecule has 96 valence electrons. The van der Waals surface area contributed by atoms with Gasteiger partial charge in [-0.25, -0.2) is 0 Å². The maximum Gasteiger partial charge on any atom is 0.0991 e. The van der Waals surface area contributed by atoms with Crippen molar-refractivity contribution in [2.75, 3.05) is 11.9 Å². The lowest BCUT2D eigenvalue weighted by atomic mass is 10.1. The van der Waals surface area contributed by atoms with Gasteiger partial charge in [0.15, 0.2) is 0 Å². The molecule has 2 heteroatoms. The Morgan fingerprint density at radius 1 is 1.00 bits per heavy atom. The van der Waals surface area contributed by atoms with E-state index in [1.54, 1.807) is 0 Å². The maximum atomic E-state index is 8.79. The quantitative estimate of drug-likeness (QED) is 0.828. The van der Waals surface area contributed by atoms with Crippen LogP contribution in [0.3, 0.4) is 0 Å². The summed E-state index contributed by atoms with van der Waals surface area (Å²) >= 11 is 0. The number of rotatable bonds is 3. The zero-order valence-electron chi connectivity index (χ0n) is 11.6. The van der Waals surface area contributed by atoms with Crippen LogP contribution in [-0.2, 0) is 6.54 Å². The fourth-order valence-electron chi connectivity index (χ4n) is 2.22. The SMILES string of the molecule is Cc1cc(C)cc(N(C)Cc2ccc(C#N)cc2)c1. The zero-order valence-corrected chi connectivity index (χ0v) is 11.6. The predicted octanol–water partition coefficient (Wildman–Crippen LogP) is 3.81. The molecule has 0 aliphatic rings. The Morgan fingerprint density at radius 2 is 1.58 bits per heavy atom. The molecule has 19 heavy (non-hydrogen) atoms. The van der Waals surface area contributed by atoms with Crippen LogP contribution in [0, 0.1) is 25.2 Å². The first-order chi connectivity index (χ1) is 9.08. The molecule has 0 aliphatic heterocycles. The summed E-state index contributed by atoms with van der Waals surface area (Å²) in [6.07, 6.45) is 0. The van der Waals surface area contributed by atoms with Crippen molar-refractivity contribution in [1.82, 2.24) is 0 Å². The number of anilines is 1. The smallest absolute Gasteiger partial charge is 0.0991 e. The first-order valence-electron chi connectivity index (χ1n) is 6.37. The van der Waals surface area contributed by atoms with Gasteiger partial charge in [0.25, 0.3) is 0 Å². The molecule has 2 aromatic carbocycles. The minimum Gasteiger partial charge on any atom is -0.370 e. The van der Waals surface area contributed by atoms with Crippen LogP contribution in [-0.4, -0.2) is 7.05 Å². The van der Waals surface area contributed by atoms with Gasteiger partial charge in [-0.1, -0.05) is 18.2 Å². The van der Waals surface area contributed by atoms with Crippen molar-refractivity contribution in [3.63, 3.8) is 0 Å². The minimum atomic E-state index is 0.706. The summed E-state index contributed by atoms with van der Waals surface area (Å²) < 4.78 is 0. The van der Waals surface area contributed by atoms with Gasteiger partial charge in [0.1, 0.15) is 0 Å². The summed E-state index contributed by atoms with van der Waals surface area (Å²) in [6, 6.07) is 16.5. The predicted molar refractivity (Wildman–Crippen MR) is 79.2 cm³/mol. The number of hydrogen-bond acceptors (Lipinski definition) is 2. The Labute approximate surface area is 114 Å². The minimum absolute atomic E-state index is 0.706. The Hall–Kier alpha value is -2.27. The van der Waals surface area contributed by atoms with Crippen molar-refractivity contribution in [3.8, 4) is 6.07 Å². The molecule has 0 amide bonds. The monoisotopic (exact) mass is 250 g/mol. The van der Waals surface area contributed by atoms with Crippen molar-refractivity contribution >= 4 is 5.69 Å². The Bertz CT molecular complexity index is 586. The summed E-state index contributed by atoms with van der Waals surface area (Å²) in [6.45, 7) is 5.08. The van der Waals surface area contributed by atoms with E-state index in [1.807, 2.05) is 24.3 Å². The first kappa shape index (κ1) is 13.2. The van der Waals surface area contributed by atoms with Crippen molar-refractivity contribution in [2.45, 2.75) is 20.4 Å². The lowest BCUT2D eigenvalue weighted by molar-refractivity contribution is 0.920. The summed E-state index contributed by atoms with van der Waals surface area (Å²) in [5.41, 5.74) is 5.70. The molecule has 0 fully saturated rings. The molecule has 0 bridgehead atoms. The number of hydrogen-bond donors (Lipinski definition) is 0. The molecule has 0 atom stereocenters. The standard InChI is InChI=1S/C17H18N2/c1-13-8-14(2)10-17(9-13)19(3)12-16-6-4-15(11-18)5-7-16/h4-10H,12H2,1-3H3. The summed E-state index contributed by atoms with van der Waals surface area (Å²) in [7, 11) is 2.09. The third-order valence-corrected chi connectivity index (χ3v) is 3.15. The highest BCUT2D eigenvalue weighted by atomic mass is 15.1. The molecule has 0 N–H and O–H groups in total. The number of aryl methyl sites for hydroxylation is 2. The third kappa shape index (κ3) is 3.35. The van der Waals surface area contributed by atoms with Gasteiger partial charge in [0, 0.05) is 19.3 Å². The molecule has 0 heterocycles. The van der Waals surface area contributed by atoms with Crippen LogP contribution in [0.25, 0.3) is 0 Å². The number of benzene rings is 2. The molecule has 0 aliphatic carbocycles. The van der Waals surface area contributed by atoms with Gasteiger partial charge in [0.2, 0.25) is 0 Å². The molecule has 0 aromatic heterocycles. The Kier molecular flexibility index (Phi) is 3.87. The largest absolute Gasteiger partial charge is 0.370 e. The summed E-state index contributed by atoms with van der Waals surface area (Å²) in [4.78, 5) is 2.22. The lowest BCUT2D eigenvalue weighted by Gasteiger charge is -2.20. The highest BCUT2D eigenvalue weighted by molar-refractivity contribution is 5.50. The van der Waals surface area contributed by atoms with Gasteiger partial charge in [-0.2, -0.15) is 5.26 Å². The van der Waals surface area contributed by atoms with E-state index in [1.165, 1.54) is 22.4 Å². The van der Waals surface area contributed by atoms with E-state index in [0.29, 0.717) is 5.56 Å². The topological polar surface area (TPSA) is 27.0 Å². The Balaban J connectivity index is 2.15. The normalized spacial score (nSPS) is 10.0. The molecule has 0 unspecified atom stereocenters. The number of nitrogens with zero attached hydrogens (tertiary/aromatic N) is 2. The van der Waals surface area contributed by atoms with Crippen LogP contribution in [0.1, 0.15) is 22.3 Å². The molecule has 0 saturated carbocycles. The van der Waals surface area contributed by atoms with Crippen LogP contribution in [0.2, 0.25) is 0 Å². The average molecular weight is 250 g/mol. The van der Waals surface area contributed by atoms with Crippen LogP contribution in [0.5, 0.6) is 0 Å². The second kappa shape index (κ2) is 5.58. The fourth-order valence-corrected chi connectivity index (χ4v) is 2.22. The lowest BCUT2D eigenvalue weighted by Crippen LogP contribution is -2.16. The summed E-state index contributed by atoms with van der Waals surface area (Å²) in [5, 5.41) is 8.79. The van der Waals surface area contributed by atoms with E-state index < -0.39 is 0 Å². The van der Waals surface area contributed by atoms with Gasteiger partial charge in [-0.3, -0.25) is 0 Å². The third-order valence-electron chi connectivity index (χ3n) is 3.15. The van der Waals surface area contributed by atoms with Crippen molar-refractivity contribution in [1.29, 1.82) is 5.26 Å². The van der Waals surface area contributed by atoms with E-state index in [-0.39, 0.29) is 0 Å². The Morgan fingerprint density at radius 3 is 2.11 bits per heavy atom. The first-order valence-corrected chi connectivity index (χ1v) is 6.37. The molecule has 2 nitrogen and oxygen atoms in total. The van der Waals surface area contributed by atoms with Gasteiger partial charge < -0.3 is 4.90 Å². The van der Waals surface area contributed by atoms with Crippen LogP contribution in [0.15, 0.2) is 42.5 Å². The molecular formula is C17H18N2. The van der Waals surface area contributed by atoms with E-state index in [2.05, 4.69) is 50.1 Å². The number of nitriles is 1. The van der Waals surface area contributed by atoms with E-state index in [4.69, 9.17) is 5.26 Å². The highest BCUT2D eigenvalue weighted by Crippen LogP contribution is 2.19. The maximum absolute atomic E-state index is 8.79. The molecule has 0 saturated heterocycles. The van der Waals surface area contributed by atoms with Crippen LogP contribution in [0.4, 0.5) is 5.69 Å². The summed E-state index contributed by atoms with van der Waals surface area (Å²) in [5.74, 6) is 0. The second-order valence-electron chi connectivity index (χ2n) is 5.01. The van der Waals surface area contributed by atoms with Crippen LogP contribution < -0.4 is 4.90 Å². The fraction of sp³-hybridized carbons (Fsp3) is 0.235. The van der Waals surface area contributed by atoms with Crippen molar-refractivity contribution < 1.29 is 0 Å². The highest BCUT2D eigenvalue weighted by Gasteiger charge is 2.03.